The zero-order valence-corrected chi connectivity index (χ0v) is 14.1. The van der Waals surface area contributed by atoms with Crippen LogP contribution in [0.25, 0.3) is 0 Å². The number of aryl methyl sites for hydroxylation is 2. The topological polar surface area (TPSA) is 72.3 Å². The minimum absolute atomic E-state index is 0.0176. The van der Waals surface area contributed by atoms with E-state index in [4.69, 9.17) is 4.74 Å². The van der Waals surface area contributed by atoms with Gasteiger partial charge in [0.1, 0.15) is 17.9 Å². The van der Waals surface area contributed by atoms with Crippen molar-refractivity contribution in [2.75, 3.05) is 13.2 Å². The summed E-state index contributed by atoms with van der Waals surface area (Å²) in [7, 11) is 0. The van der Waals surface area contributed by atoms with Crippen LogP contribution in [0.5, 0.6) is 5.75 Å². The molecule has 5 nitrogen and oxygen atoms in total. The molecule has 0 bridgehead atoms. The first kappa shape index (κ1) is 16.1. The first-order valence-electron chi connectivity index (χ1n) is 8.26. The van der Waals surface area contributed by atoms with E-state index in [1.54, 1.807) is 19.2 Å². The molecule has 2 fully saturated rings. The van der Waals surface area contributed by atoms with Gasteiger partial charge < -0.3 is 14.6 Å². The Morgan fingerprint density at radius 2 is 2.12 bits per heavy atom. The van der Waals surface area contributed by atoms with Crippen LogP contribution in [0.3, 0.4) is 0 Å². The molecule has 0 amide bonds. The number of rotatable bonds is 6. The summed E-state index contributed by atoms with van der Waals surface area (Å²) in [6, 6.07) is 6.39. The molecule has 2 saturated carbocycles. The Kier molecular flexibility index (Phi) is 3.44. The highest BCUT2D eigenvalue weighted by molar-refractivity contribution is 5.75. The molecular formula is C19H19FN2O3. The minimum Gasteiger partial charge on any atom is -0.489 e. The van der Waals surface area contributed by atoms with Crippen molar-refractivity contribution in [2.24, 2.45) is 17.3 Å². The van der Waals surface area contributed by atoms with Crippen LogP contribution in [0.1, 0.15) is 17.1 Å². The van der Waals surface area contributed by atoms with Gasteiger partial charge in [-0.3, -0.25) is 0 Å². The molecule has 1 heterocycles. The van der Waals surface area contributed by atoms with Gasteiger partial charge in [0.05, 0.1) is 30.5 Å². The number of aliphatic hydroxyl groups is 1. The number of hydrogen-bond acceptors (Lipinski definition) is 5. The third kappa shape index (κ3) is 2.13. The summed E-state index contributed by atoms with van der Waals surface area (Å²) in [5.74, 6) is 0.887. The summed E-state index contributed by atoms with van der Waals surface area (Å²) >= 11 is 0. The third-order valence-electron chi connectivity index (χ3n) is 5.76. The van der Waals surface area contributed by atoms with Crippen LogP contribution in [0, 0.1) is 36.9 Å². The molecule has 25 heavy (non-hydrogen) atoms. The molecule has 1 aromatic carbocycles. The zero-order valence-electron chi connectivity index (χ0n) is 14.1. The Morgan fingerprint density at radius 3 is 2.72 bits per heavy atom. The summed E-state index contributed by atoms with van der Waals surface area (Å²) in [6.07, 6.45) is 2.46. The second-order valence-corrected chi connectivity index (χ2v) is 7.05. The number of hydrogen-bond donors (Lipinski definition) is 1. The number of fused-ring (bicyclic) bond motifs is 1. The highest BCUT2D eigenvalue weighted by Crippen LogP contribution is 2.87. The number of nitrogens with zero attached hydrogens (tertiary/aromatic N) is 2. The maximum Gasteiger partial charge on any atom is 0.158 e. The fourth-order valence-corrected chi connectivity index (χ4v) is 4.45. The van der Waals surface area contributed by atoms with Gasteiger partial charge in [-0.25, -0.2) is 14.4 Å². The predicted molar refractivity (Wildman–Crippen MR) is 87.6 cm³/mol. The molecule has 1 aromatic heterocycles. The van der Waals surface area contributed by atoms with Gasteiger partial charge >= 0.3 is 0 Å². The number of aliphatic hydroxyl groups excluding tert-OH is 1. The smallest absolute Gasteiger partial charge is 0.158 e. The molecule has 6 heteroatoms. The Bertz CT molecular complexity index is 844. The lowest BCUT2D eigenvalue weighted by atomic mass is 9.75. The lowest BCUT2D eigenvalue weighted by molar-refractivity contribution is -0.117. The molecule has 0 spiro atoms. The first-order chi connectivity index (χ1) is 12.0. The number of carbonyl (C=O) groups excluding carboxylic acids is 1. The van der Waals surface area contributed by atoms with Gasteiger partial charge in [0.25, 0.3) is 0 Å². The molecule has 2 aromatic rings. The summed E-state index contributed by atoms with van der Waals surface area (Å²) < 4.78 is 19.7. The molecule has 0 saturated heterocycles. The highest BCUT2D eigenvalue weighted by atomic mass is 19.1. The number of halogens is 1. The van der Waals surface area contributed by atoms with Crippen molar-refractivity contribution in [3.05, 3.63) is 53.4 Å². The van der Waals surface area contributed by atoms with Crippen LogP contribution in [-0.4, -0.2) is 34.6 Å². The van der Waals surface area contributed by atoms with Crippen LogP contribution in [0.2, 0.25) is 0 Å². The molecule has 1 N–H and O–H groups in total. The van der Waals surface area contributed by atoms with E-state index in [9.17, 15) is 14.3 Å². The lowest BCUT2D eigenvalue weighted by Gasteiger charge is -2.31. The van der Waals surface area contributed by atoms with Gasteiger partial charge in [0.2, 0.25) is 0 Å². The summed E-state index contributed by atoms with van der Waals surface area (Å²) in [5, 5.41) is 9.58. The number of ether oxygens (including phenoxy) is 1. The number of carbonyl (C=O) groups is 1. The lowest BCUT2D eigenvalue weighted by Crippen LogP contribution is -2.38. The van der Waals surface area contributed by atoms with Crippen LogP contribution in [-0.2, 0) is 10.2 Å². The van der Waals surface area contributed by atoms with E-state index in [1.165, 1.54) is 12.1 Å². The van der Waals surface area contributed by atoms with Gasteiger partial charge in [-0.15, -0.1) is 0 Å². The quantitative estimate of drug-likeness (QED) is 0.813. The fraction of sp³-hybridized carbons (Fsp3) is 0.421. The SMILES string of the molecule is Cc1ncc(OCC2(c3cccc(F)c3)C3C2C3(C=O)CO)c(C)n1. The van der Waals surface area contributed by atoms with Crippen molar-refractivity contribution in [3.8, 4) is 5.75 Å². The van der Waals surface area contributed by atoms with Crippen LogP contribution >= 0.6 is 0 Å². The third-order valence-corrected chi connectivity index (χ3v) is 5.76. The highest BCUT2D eigenvalue weighted by Gasteiger charge is 2.92. The molecule has 2 unspecified atom stereocenters. The molecule has 4 rings (SSSR count). The standard InChI is InChI=1S/C19H19FN2O3/c1-11-15(7-21-12(2)22-11)25-10-19(13-4-3-5-14(20)6-13)16-17(19)18(16,8-23)9-24/h3-8,16-17,24H,9-10H2,1-2H3. The Balaban J connectivity index is 1.62. The monoisotopic (exact) mass is 342 g/mol. The van der Waals surface area contributed by atoms with E-state index in [1.807, 2.05) is 13.0 Å². The normalized spacial score (nSPS) is 32.0. The molecular weight excluding hydrogens is 323 g/mol. The molecule has 0 radical (unpaired) electrons. The minimum atomic E-state index is -0.700. The largest absolute Gasteiger partial charge is 0.489 e. The second-order valence-electron chi connectivity index (χ2n) is 7.05. The van der Waals surface area contributed by atoms with Crippen LogP contribution in [0.15, 0.2) is 30.5 Å². The van der Waals surface area contributed by atoms with Crippen molar-refractivity contribution in [2.45, 2.75) is 19.3 Å². The van der Waals surface area contributed by atoms with Crippen molar-refractivity contribution < 1.29 is 19.0 Å². The maximum absolute atomic E-state index is 13.7. The van der Waals surface area contributed by atoms with Gasteiger partial charge in [0.15, 0.2) is 5.75 Å². The average molecular weight is 342 g/mol. The Labute approximate surface area is 144 Å². The molecule has 2 atom stereocenters. The Morgan fingerprint density at radius 1 is 1.36 bits per heavy atom. The van der Waals surface area contributed by atoms with Gasteiger partial charge in [-0.1, -0.05) is 12.1 Å². The van der Waals surface area contributed by atoms with E-state index in [-0.39, 0.29) is 24.3 Å². The van der Waals surface area contributed by atoms with E-state index >= 15 is 0 Å². The molecule has 2 aliphatic rings. The van der Waals surface area contributed by atoms with Crippen LogP contribution < -0.4 is 4.74 Å². The predicted octanol–water partition coefficient (Wildman–Crippen LogP) is 1.99. The van der Waals surface area contributed by atoms with Crippen molar-refractivity contribution >= 4 is 6.29 Å². The summed E-state index contributed by atoms with van der Waals surface area (Å²) in [4.78, 5) is 19.8. The van der Waals surface area contributed by atoms with Crippen molar-refractivity contribution in [3.63, 3.8) is 0 Å². The second kappa shape index (κ2) is 5.33. The summed E-state index contributed by atoms with van der Waals surface area (Å²) in [6.45, 7) is 3.76. The molecule has 2 aliphatic carbocycles. The maximum atomic E-state index is 13.7. The van der Waals surface area contributed by atoms with E-state index in [0.717, 1.165) is 17.5 Å². The molecule has 130 valence electrons. The summed E-state index contributed by atoms with van der Waals surface area (Å²) in [5.41, 5.74) is 0.400. The Hall–Kier alpha value is -2.34. The van der Waals surface area contributed by atoms with Gasteiger partial charge in [0, 0.05) is 5.41 Å². The first-order valence-corrected chi connectivity index (χ1v) is 8.26. The fourth-order valence-electron chi connectivity index (χ4n) is 4.45. The van der Waals surface area contributed by atoms with Gasteiger partial charge in [-0.2, -0.15) is 0 Å². The van der Waals surface area contributed by atoms with E-state index in [2.05, 4.69) is 9.97 Å². The zero-order chi connectivity index (χ0) is 17.8. The number of aldehydes is 1. The number of benzene rings is 1. The van der Waals surface area contributed by atoms with E-state index < -0.39 is 10.8 Å². The van der Waals surface area contributed by atoms with Gasteiger partial charge in [-0.05, 0) is 43.4 Å². The number of aromatic nitrogens is 2. The van der Waals surface area contributed by atoms with Crippen molar-refractivity contribution in [1.82, 2.24) is 9.97 Å². The van der Waals surface area contributed by atoms with E-state index in [0.29, 0.717) is 18.2 Å². The van der Waals surface area contributed by atoms with Crippen molar-refractivity contribution in [1.29, 1.82) is 0 Å². The molecule has 0 aliphatic heterocycles. The van der Waals surface area contributed by atoms with Crippen LogP contribution in [0.4, 0.5) is 4.39 Å². The average Bonchev–Trinajstić information content (AvgIpc) is 3.47.